The van der Waals surface area contributed by atoms with Crippen LogP contribution >= 0.6 is 11.6 Å². The first-order chi connectivity index (χ1) is 15.6. The van der Waals surface area contributed by atoms with Gasteiger partial charge in [-0.15, -0.1) is 0 Å². The van der Waals surface area contributed by atoms with Gasteiger partial charge in [-0.2, -0.15) is 0 Å². The normalized spacial score (nSPS) is 16.4. The Hall–Kier alpha value is -3.11. The summed E-state index contributed by atoms with van der Waals surface area (Å²) < 4.78 is 1.86. The molecular formula is C27H26ClN3O. The molecule has 1 saturated heterocycles. The lowest BCUT2D eigenvalue weighted by Crippen LogP contribution is -2.38. The second-order valence-electron chi connectivity index (χ2n) is 8.55. The second kappa shape index (κ2) is 8.79. The fourth-order valence-electron chi connectivity index (χ4n) is 4.63. The average molecular weight is 444 g/mol. The molecule has 1 aromatic heterocycles. The van der Waals surface area contributed by atoms with Crippen LogP contribution in [-0.4, -0.2) is 16.1 Å². The van der Waals surface area contributed by atoms with E-state index in [0.717, 1.165) is 37.2 Å². The lowest BCUT2D eigenvalue weighted by Gasteiger charge is -2.38. The van der Waals surface area contributed by atoms with E-state index in [4.69, 9.17) is 16.6 Å². The summed E-state index contributed by atoms with van der Waals surface area (Å²) in [6, 6.07) is 24.1. The van der Waals surface area contributed by atoms with Crippen LogP contribution in [0, 0.1) is 6.92 Å². The number of benzene rings is 3. The van der Waals surface area contributed by atoms with Crippen molar-refractivity contribution < 1.29 is 0 Å². The Balaban J connectivity index is 1.68. The van der Waals surface area contributed by atoms with E-state index in [1.54, 1.807) is 18.2 Å². The Kier molecular flexibility index (Phi) is 5.71. The van der Waals surface area contributed by atoms with Crippen LogP contribution in [0.2, 0.25) is 5.02 Å². The minimum absolute atomic E-state index is 0.0139. The number of anilines is 1. The van der Waals surface area contributed by atoms with Crippen LogP contribution in [0.4, 0.5) is 5.69 Å². The van der Waals surface area contributed by atoms with Crippen LogP contribution in [0.5, 0.6) is 0 Å². The highest BCUT2D eigenvalue weighted by atomic mass is 35.5. The quantitative estimate of drug-likeness (QED) is 0.380. The zero-order chi connectivity index (χ0) is 22.1. The van der Waals surface area contributed by atoms with Gasteiger partial charge in [0.05, 0.1) is 23.5 Å². The number of piperidine rings is 1. The summed E-state index contributed by atoms with van der Waals surface area (Å²) in [7, 11) is 0. The molecule has 1 unspecified atom stereocenters. The van der Waals surface area contributed by atoms with Gasteiger partial charge in [0.2, 0.25) is 0 Å². The molecule has 0 spiro atoms. The Morgan fingerprint density at radius 1 is 1.00 bits per heavy atom. The number of rotatable bonds is 4. The first kappa shape index (κ1) is 20.8. The van der Waals surface area contributed by atoms with E-state index in [1.807, 2.05) is 22.8 Å². The molecule has 5 rings (SSSR count). The van der Waals surface area contributed by atoms with E-state index in [9.17, 15) is 4.79 Å². The van der Waals surface area contributed by atoms with Gasteiger partial charge in [-0.05, 0) is 62.1 Å². The zero-order valence-electron chi connectivity index (χ0n) is 18.2. The van der Waals surface area contributed by atoms with Crippen molar-refractivity contribution in [2.45, 2.75) is 38.8 Å². The molecule has 0 bridgehead atoms. The highest BCUT2D eigenvalue weighted by Gasteiger charge is 2.29. The number of aromatic nitrogens is 2. The topological polar surface area (TPSA) is 38.1 Å². The van der Waals surface area contributed by atoms with Crippen molar-refractivity contribution in [3.63, 3.8) is 0 Å². The average Bonchev–Trinajstić information content (AvgIpc) is 2.82. The van der Waals surface area contributed by atoms with Crippen molar-refractivity contribution in [3.8, 4) is 0 Å². The van der Waals surface area contributed by atoms with Gasteiger partial charge >= 0.3 is 0 Å². The SMILES string of the molecule is Cc1ccc(N2CCCCC2c2nc3cc(Cl)ccc3c(=O)n2Cc2ccccc2)cc1. The third-order valence-electron chi connectivity index (χ3n) is 6.30. The van der Waals surface area contributed by atoms with Crippen molar-refractivity contribution in [2.75, 3.05) is 11.4 Å². The molecule has 0 saturated carbocycles. The number of hydrogen-bond acceptors (Lipinski definition) is 3. The summed E-state index contributed by atoms with van der Waals surface area (Å²) in [5, 5.41) is 1.20. The standard InChI is InChI=1S/C27H26ClN3O/c1-19-10-13-22(14-11-19)30-16-6-5-9-25(30)26-29-24-17-21(28)12-15-23(24)27(32)31(26)18-20-7-3-2-4-8-20/h2-4,7-8,10-15,17,25H,5-6,9,16,18H2,1H3. The van der Waals surface area contributed by atoms with Crippen molar-refractivity contribution in [1.29, 1.82) is 0 Å². The lowest BCUT2D eigenvalue weighted by molar-refractivity contribution is 0.438. The number of nitrogens with zero attached hydrogens (tertiary/aromatic N) is 3. The predicted octanol–water partition coefficient (Wildman–Crippen LogP) is 6.14. The van der Waals surface area contributed by atoms with Crippen molar-refractivity contribution in [2.24, 2.45) is 0 Å². The number of halogens is 1. The van der Waals surface area contributed by atoms with Gasteiger partial charge in [-0.25, -0.2) is 4.98 Å². The van der Waals surface area contributed by atoms with E-state index in [-0.39, 0.29) is 11.6 Å². The molecule has 162 valence electrons. The van der Waals surface area contributed by atoms with Crippen LogP contribution in [-0.2, 0) is 6.54 Å². The number of hydrogen-bond donors (Lipinski definition) is 0. The minimum Gasteiger partial charge on any atom is -0.361 e. The van der Waals surface area contributed by atoms with E-state index in [0.29, 0.717) is 22.5 Å². The van der Waals surface area contributed by atoms with Gasteiger partial charge in [0.15, 0.2) is 0 Å². The Labute approximate surface area is 193 Å². The molecule has 1 aliphatic heterocycles. The third kappa shape index (κ3) is 4.03. The highest BCUT2D eigenvalue weighted by Crippen LogP contribution is 2.35. The molecule has 1 atom stereocenters. The molecular weight excluding hydrogens is 418 g/mol. The summed E-state index contributed by atoms with van der Waals surface area (Å²) in [5.74, 6) is 0.814. The maximum Gasteiger partial charge on any atom is 0.261 e. The van der Waals surface area contributed by atoms with Gasteiger partial charge in [0.1, 0.15) is 5.82 Å². The van der Waals surface area contributed by atoms with Crippen LogP contribution < -0.4 is 10.5 Å². The predicted molar refractivity (Wildman–Crippen MR) is 132 cm³/mol. The lowest BCUT2D eigenvalue weighted by atomic mass is 9.99. The largest absolute Gasteiger partial charge is 0.361 e. The monoisotopic (exact) mass is 443 g/mol. The molecule has 5 heteroatoms. The van der Waals surface area contributed by atoms with Gasteiger partial charge in [-0.3, -0.25) is 9.36 Å². The van der Waals surface area contributed by atoms with Crippen molar-refractivity contribution >= 4 is 28.2 Å². The molecule has 4 aromatic rings. The fraction of sp³-hybridized carbons (Fsp3) is 0.259. The molecule has 1 aliphatic rings. The molecule has 4 nitrogen and oxygen atoms in total. The molecule has 3 aromatic carbocycles. The molecule has 0 N–H and O–H groups in total. The first-order valence-corrected chi connectivity index (χ1v) is 11.6. The van der Waals surface area contributed by atoms with Crippen molar-refractivity contribution in [1.82, 2.24) is 9.55 Å². The van der Waals surface area contributed by atoms with Crippen LogP contribution in [0.25, 0.3) is 10.9 Å². The van der Waals surface area contributed by atoms with E-state index < -0.39 is 0 Å². The summed E-state index contributed by atoms with van der Waals surface area (Å²) >= 11 is 6.26. The van der Waals surface area contributed by atoms with E-state index >= 15 is 0 Å². The second-order valence-corrected chi connectivity index (χ2v) is 8.99. The van der Waals surface area contributed by atoms with Gasteiger partial charge in [0, 0.05) is 17.3 Å². The highest BCUT2D eigenvalue weighted by molar-refractivity contribution is 6.31. The summed E-state index contributed by atoms with van der Waals surface area (Å²) in [6.07, 6.45) is 3.20. The number of aryl methyl sites for hydroxylation is 1. The van der Waals surface area contributed by atoms with Crippen molar-refractivity contribution in [3.05, 3.63) is 105 Å². The maximum absolute atomic E-state index is 13.7. The Bertz CT molecular complexity index is 1300. The molecule has 32 heavy (non-hydrogen) atoms. The third-order valence-corrected chi connectivity index (χ3v) is 6.53. The summed E-state index contributed by atoms with van der Waals surface area (Å²) in [5.41, 5.74) is 4.15. The first-order valence-electron chi connectivity index (χ1n) is 11.2. The van der Waals surface area contributed by atoms with E-state index in [1.165, 1.54) is 11.3 Å². The summed E-state index contributed by atoms with van der Waals surface area (Å²) in [6.45, 7) is 3.55. The molecule has 1 fully saturated rings. The maximum atomic E-state index is 13.7. The van der Waals surface area contributed by atoms with Crippen LogP contribution in [0.1, 0.15) is 42.3 Å². The van der Waals surface area contributed by atoms with Crippen LogP contribution in [0.3, 0.4) is 0 Å². The van der Waals surface area contributed by atoms with Crippen LogP contribution in [0.15, 0.2) is 77.6 Å². The molecule has 2 heterocycles. The molecule has 0 radical (unpaired) electrons. The van der Waals surface area contributed by atoms with E-state index in [2.05, 4.69) is 48.2 Å². The smallest absolute Gasteiger partial charge is 0.261 e. The van der Waals surface area contributed by atoms with Gasteiger partial charge < -0.3 is 4.90 Å². The Morgan fingerprint density at radius 2 is 1.78 bits per heavy atom. The minimum atomic E-state index is -0.0139. The van der Waals surface area contributed by atoms with Gasteiger partial charge in [0.25, 0.3) is 5.56 Å². The zero-order valence-corrected chi connectivity index (χ0v) is 18.9. The fourth-order valence-corrected chi connectivity index (χ4v) is 4.80. The number of fused-ring (bicyclic) bond motifs is 1. The molecule has 0 amide bonds. The Morgan fingerprint density at radius 3 is 2.56 bits per heavy atom. The molecule has 0 aliphatic carbocycles. The summed E-state index contributed by atoms with van der Waals surface area (Å²) in [4.78, 5) is 21.1. The van der Waals surface area contributed by atoms with Gasteiger partial charge in [-0.1, -0.05) is 59.6 Å².